The Bertz CT molecular complexity index is 587. The van der Waals surface area contributed by atoms with Gasteiger partial charge in [0, 0.05) is 19.1 Å². The first-order chi connectivity index (χ1) is 9.60. The fraction of sp³-hybridized carbons (Fsp3) is 0.615. The molecule has 2 aromatic heterocycles. The van der Waals surface area contributed by atoms with E-state index in [1.807, 2.05) is 19.2 Å². The quantitative estimate of drug-likeness (QED) is 0.863. The predicted octanol–water partition coefficient (Wildman–Crippen LogP) is 2.93. The Morgan fingerprint density at radius 1 is 1.40 bits per heavy atom. The normalized spacial score (nSPS) is 19.6. The lowest BCUT2D eigenvalue weighted by molar-refractivity contribution is 0.00973. The first-order valence-electron chi connectivity index (χ1n) is 6.57. The monoisotopic (exact) mass is 295 g/mol. The Morgan fingerprint density at radius 3 is 2.95 bits per heavy atom. The lowest BCUT2D eigenvalue weighted by atomic mass is 10.1. The van der Waals surface area contributed by atoms with Gasteiger partial charge in [-0.3, -0.25) is 0 Å². The Hall–Kier alpha value is -1.31. The van der Waals surface area contributed by atoms with Crippen LogP contribution in [-0.2, 0) is 15.1 Å². The van der Waals surface area contributed by atoms with Crippen LogP contribution in [0.4, 0.5) is 0 Å². The van der Waals surface area contributed by atoms with Crippen molar-refractivity contribution in [2.75, 3.05) is 13.7 Å². The summed E-state index contributed by atoms with van der Waals surface area (Å²) in [5.74, 6) is 0.937. The van der Waals surface area contributed by atoms with E-state index in [1.165, 1.54) is 0 Å². The van der Waals surface area contributed by atoms with E-state index in [4.69, 9.17) is 14.0 Å². The smallest absolute Gasteiger partial charge is 0.277 e. The molecular formula is C13H17N3O3S. The van der Waals surface area contributed by atoms with Gasteiger partial charge in [-0.25, -0.2) is 4.98 Å². The molecule has 3 heterocycles. The predicted molar refractivity (Wildman–Crippen MR) is 73.4 cm³/mol. The number of methoxy groups -OCH3 is 1. The van der Waals surface area contributed by atoms with Gasteiger partial charge in [0.25, 0.3) is 5.89 Å². The van der Waals surface area contributed by atoms with Gasteiger partial charge >= 0.3 is 0 Å². The molecule has 0 bridgehead atoms. The highest BCUT2D eigenvalue weighted by Gasteiger charge is 2.28. The maximum atomic E-state index is 5.63. The summed E-state index contributed by atoms with van der Waals surface area (Å²) >= 11 is 1.57. The average molecular weight is 295 g/mol. The minimum atomic E-state index is -0.574. The van der Waals surface area contributed by atoms with Crippen molar-refractivity contribution in [3.8, 4) is 11.6 Å². The van der Waals surface area contributed by atoms with Crippen LogP contribution in [0.15, 0.2) is 9.90 Å². The van der Waals surface area contributed by atoms with E-state index in [9.17, 15) is 0 Å². The van der Waals surface area contributed by atoms with Crippen molar-refractivity contribution in [2.24, 2.45) is 0 Å². The first kappa shape index (κ1) is 13.7. The third kappa shape index (κ3) is 2.48. The highest BCUT2D eigenvalue weighted by molar-refractivity contribution is 7.10. The van der Waals surface area contributed by atoms with Crippen molar-refractivity contribution in [2.45, 2.75) is 38.4 Å². The van der Waals surface area contributed by atoms with Crippen molar-refractivity contribution in [3.05, 3.63) is 16.2 Å². The summed E-state index contributed by atoms with van der Waals surface area (Å²) in [7, 11) is 1.62. The molecule has 0 radical (unpaired) electrons. The van der Waals surface area contributed by atoms with Gasteiger partial charge in [-0.1, -0.05) is 5.16 Å². The van der Waals surface area contributed by atoms with Gasteiger partial charge in [0.05, 0.1) is 0 Å². The van der Waals surface area contributed by atoms with Gasteiger partial charge in [0.1, 0.15) is 22.4 Å². The second-order valence-corrected chi connectivity index (χ2v) is 6.10. The van der Waals surface area contributed by atoms with E-state index in [-0.39, 0.29) is 6.10 Å². The Kier molecular flexibility index (Phi) is 3.57. The molecule has 7 heteroatoms. The van der Waals surface area contributed by atoms with Crippen LogP contribution in [-0.4, -0.2) is 28.8 Å². The molecule has 1 atom stereocenters. The van der Waals surface area contributed by atoms with Crippen LogP contribution in [0.5, 0.6) is 0 Å². The van der Waals surface area contributed by atoms with E-state index in [2.05, 4.69) is 15.1 Å². The highest BCUT2D eigenvalue weighted by atomic mass is 32.1. The summed E-state index contributed by atoms with van der Waals surface area (Å²) in [5, 5.41) is 6.86. The van der Waals surface area contributed by atoms with E-state index in [0.29, 0.717) is 17.4 Å². The highest BCUT2D eigenvalue weighted by Crippen LogP contribution is 2.33. The molecule has 0 amide bonds. The number of nitrogens with zero attached hydrogens (tertiary/aromatic N) is 3. The number of hydrogen-bond donors (Lipinski definition) is 0. The summed E-state index contributed by atoms with van der Waals surface area (Å²) in [6.07, 6.45) is 2.23. The number of ether oxygens (including phenoxy) is 2. The molecule has 20 heavy (non-hydrogen) atoms. The van der Waals surface area contributed by atoms with Crippen LogP contribution >= 0.6 is 11.3 Å². The molecule has 0 N–H and O–H groups in total. The second kappa shape index (κ2) is 5.23. The van der Waals surface area contributed by atoms with Gasteiger partial charge in [-0.15, -0.1) is 11.3 Å². The second-order valence-electron chi connectivity index (χ2n) is 5.21. The van der Waals surface area contributed by atoms with Gasteiger partial charge in [0.15, 0.2) is 0 Å². The van der Waals surface area contributed by atoms with E-state index < -0.39 is 5.60 Å². The maximum Gasteiger partial charge on any atom is 0.277 e. The fourth-order valence-electron chi connectivity index (χ4n) is 1.97. The molecule has 0 aliphatic carbocycles. The SMILES string of the molecule is COC(C)(C)c1noc(-c2csc(C3CCCO3)n2)n1. The van der Waals surface area contributed by atoms with Crippen LogP contribution in [0.3, 0.4) is 0 Å². The molecule has 3 rings (SSSR count). The van der Waals surface area contributed by atoms with Gasteiger partial charge in [0.2, 0.25) is 5.82 Å². The standard InChI is InChI=1S/C13H17N3O3S/c1-13(2,17-3)12-15-10(19-16-12)8-7-20-11(14-8)9-5-4-6-18-9/h7,9H,4-6H2,1-3H3. The lowest BCUT2D eigenvalue weighted by Gasteiger charge is -2.17. The van der Waals surface area contributed by atoms with Gasteiger partial charge in [-0.05, 0) is 26.7 Å². The zero-order chi connectivity index (χ0) is 14.2. The van der Waals surface area contributed by atoms with Crippen LogP contribution < -0.4 is 0 Å². The van der Waals surface area contributed by atoms with Crippen molar-refractivity contribution in [1.82, 2.24) is 15.1 Å². The molecule has 2 aromatic rings. The van der Waals surface area contributed by atoms with Crippen LogP contribution in [0.25, 0.3) is 11.6 Å². The fourth-order valence-corrected chi connectivity index (χ4v) is 2.84. The van der Waals surface area contributed by atoms with Crippen molar-refractivity contribution < 1.29 is 14.0 Å². The summed E-state index contributed by atoms with van der Waals surface area (Å²) in [5.41, 5.74) is 0.126. The molecule has 1 aliphatic heterocycles. The number of aromatic nitrogens is 3. The first-order valence-corrected chi connectivity index (χ1v) is 7.45. The molecule has 1 fully saturated rings. The third-order valence-electron chi connectivity index (χ3n) is 3.42. The number of hydrogen-bond acceptors (Lipinski definition) is 7. The van der Waals surface area contributed by atoms with Crippen LogP contribution in [0.2, 0.25) is 0 Å². The summed E-state index contributed by atoms with van der Waals surface area (Å²) in [4.78, 5) is 8.90. The van der Waals surface area contributed by atoms with Crippen molar-refractivity contribution in [1.29, 1.82) is 0 Å². The lowest BCUT2D eigenvalue weighted by Crippen LogP contribution is -2.21. The minimum absolute atomic E-state index is 0.117. The molecule has 0 saturated carbocycles. The van der Waals surface area contributed by atoms with E-state index in [1.54, 1.807) is 18.4 Å². The Balaban J connectivity index is 1.83. The topological polar surface area (TPSA) is 70.3 Å². The zero-order valence-corrected chi connectivity index (χ0v) is 12.6. The molecule has 6 nitrogen and oxygen atoms in total. The van der Waals surface area contributed by atoms with Crippen LogP contribution in [0, 0.1) is 0 Å². The largest absolute Gasteiger partial charge is 0.371 e. The molecular weight excluding hydrogens is 278 g/mol. The number of thiazole rings is 1. The minimum Gasteiger partial charge on any atom is -0.371 e. The maximum absolute atomic E-state index is 5.63. The van der Waals surface area contributed by atoms with Crippen molar-refractivity contribution >= 4 is 11.3 Å². The molecule has 0 aromatic carbocycles. The van der Waals surface area contributed by atoms with Gasteiger partial charge in [-0.2, -0.15) is 4.98 Å². The summed E-state index contributed by atoms with van der Waals surface area (Å²) in [6.45, 7) is 4.59. The summed E-state index contributed by atoms with van der Waals surface area (Å²) < 4.78 is 16.2. The zero-order valence-electron chi connectivity index (χ0n) is 11.8. The van der Waals surface area contributed by atoms with E-state index in [0.717, 1.165) is 24.5 Å². The van der Waals surface area contributed by atoms with Gasteiger partial charge < -0.3 is 14.0 Å². The number of rotatable bonds is 4. The molecule has 108 valence electrons. The van der Waals surface area contributed by atoms with Crippen molar-refractivity contribution in [3.63, 3.8) is 0 Å². The van der Waals surface area contributed by atoms with E-state index >= 15 is 0 Å². The Morgan fingerprint density at radius 2 is 2.25 bits per heavy atom. The third-order valence-corrected chi connectivity index (χ3v) is 4.36. The Labute approximate surface area is 121 Å². The molecule has 1 saturated heterocycles. The molecule has 1 aliphatic rings. The summed E-state index contributed by atoms with van der Waals surface area (Å²) in [6, 6.07) is 0. The molecule has 0 spiro atoms. The average Bonchev–Trinajstić information content (AvgIpc) is 3.17. The van der Waals surface area contributed by atoms with Crippen LogP contribution in [0.1, 0.15) is 43.6 Å². The molecule has 1 unspecified atom stereocenters.